The van der Waals surface area contributed by atoms with Crippen LogP contribution in [-0.2, 0) is 9.63 Å². The smallest absolute Gasteiger partial charge is 0.251 e. The highest BCUT2D eigenvalue weighted by molar-refractivity contribution is 5.82. The van der Waals surface area contributed by atoms with Gasteiger partial charge in [0.1, 0.15) is 0 Å². The molecule has 2 aliphatic rings. The Morgan fingerprint density at radius 3 is 2.47 bits per heavy atom. The van der Waals surface area contributed by atoms with Gasteiger partial charge in [-0.3, -0.25) is 9.63 Å². The Bertz CT molecular complexity index is 227. The normalized spacial score (nSPS) is 24.9. The van der Waals surface area contributed by atoms with Crippen molar-refractivity contribution in [3.05, 3.63) is 0 Å². The molecule has 2 saturated carbocycles. The van der Waals surface area contributed by atoms with Crippen molar-refractivity contribution in [2.45, 2.75) is 51.0 Å². The van der Waals surface area contributed by atoms with Crippen molar-refractivity contribution >= 4 is 5.91 Å². The molecule has 0 atom stereocenters. The minimum Gasteiger partial charge on any atom is -0.329 e. The minimum atomic E-state index is -0.321. The molecule has 0 aromatic heterocycles. The van der Waals surface area contributed by atoms with E-state index in [-0.39, 0.29) is 17.4 Å². The highest BCUT2D eigenvalue weighted by atomic mass is 16.7. The molecule has 2 rings (SSSR count). The summed E-state index contributed by atoms with van der Waals surface area (Å²) in [7, 11) is 0. The third-order valence-corrected chi connectivity index (χ3v) is 3.80. The number of carbonyl (C=O) groups excluding carboxylic acids is 1. The van der Waals surface area contributed by atoms with Crippen molar-refractivity contribution in [3.63, 3.8) is 0 Å². The van der Waals surface area contributed by atoms with Gasteiger partial charge in [0.2, 0.25) is 0 Å². The van der Waals surface area contributed by atoms with Crippen molar-refractivity contribution < 1.29 is 9.63 Å². The van der Waals surface area contributed by atoms with E-state index in [1.165, 1.54) is 12.8 Å². The SMILES string of the molecule is NCC1(C(=O)NOC2CCCC2)CCC1. The summed E-state index contributed by atoms with van der Waals surface area (Å²) in [6.45, 7) is 0.437. The Morgan fingerprint density at radius 2 is 2.00 bits per heavy atom. The van der Waals surface area contributed by atoms with Crippen molar-refractivity contribution in [3.8, 4) is 0 Å². The maximum absolute atomic E-state index is 11.8. The van der Waals surface area contributed by atoms with Crippen LogP contribution in [0.4, 0.5) is 0 Å². The van der Waals surface area contributed by atoms with Crippen LogP contribution in [0.5, 0.6) is 0 Å². The van der Waals surface area contributed by atoms with E-state index in [4.69, 9.17) is 10.6 Å². The van der Waals surface area contributed by atoms with Crippen LogP contribution in [-0.4, -0.2) is 18.6 Å². The molecule has 0 aromatic carbocycles. The zero-order valence-corrected chi connectivity index (χ0v) is 9.13. The summed E-state index contributed by atoms with van der Waals surface area (Å²) in [6.07, 6.45) is 7.70. The molecule has 0 radical (unpaired) electrons. The van der Waals surface area contributed by atoms with Gasteiger partial charge in [0.25, 0.3) is 5.91 Å². The number of nitrogens with two attached hydrogens (primary N) is 1. The molecule has 0 spiro atoms. The molecule has 0 aliphatic heterocycles. The van der Waals surface area contributed by atoms with E-state index in [2.05, 4.69) is 5.48 Å². The first-order valence-electron chi connectivity index (χ1n) is 5.93. The Labute approximate surface area is 90.5 Å². The highest BCUT2D eigenvalue weighted by Gasteiger charge is 2.43. The second-order valence-electron chi connectivity index (χ2n) is 4.79. The molecule has 86 valence electrons. The number of nitrogens with one attached hydrogen (secondary N) is 1. The number of hydroxylamine groups is 1. The van der Waals surface area contributed by atoms with E-state index in [0.29, 0.717) is 6.54 Å². The molecular weight excluding hydrogens is 192 g/mol. The lowest BCUT2D eigenvalue weighted by Crippen LogP contribution is -2.50. The second kappa shape index (κ2) is 4.49. The van der Waals surface area contributed by atoms with E-state index >= 15 is 0 Å². The monoisotopic (exact) mass is 212 g/mol. The summed E-state index contributed by atoms with van der Waals surface area (Å²) in [5.74, 6) is -0.0110. The fourth-order valence-corrected chi connectivity index (χ4v) is 2.38. The first-order chi connectivity index (χ1) is 7.27. The van der Waals surface area contributed by atoms with Crippen molar-refractivity contribution in [2.75, 3.05) is 6.54 Å². The van der Waals surface area contributed by atoms with Crippen molar-refractivity contribution in [1.29, 1.82) is 0 Å². The molecular formula is C11H20N2O2. The van der Waals surface area contributed by atoms with Gasteiger partial charge in [0.05, 0.1) is 11.5 Å². The zero-order chi connectivity index (χ0) is 10.7. The van der Waals surface area contributed by atoms with Crippen molar-refractivity contribution in [2.24, 2.45) is 11.1 Å². The van der Waals surface area contributed by atoms with Crippen LogP contribution in [0.15, 0.2) is 0 Å². The average Bonchev–Trinajstić information content (AvgIpc) is 2.66. The second-order valence-corrected chi connectivity index (χ2v) is 4.79. The van der Waals surface area contributed by atoms with Gasteiger partial charge in [-0.2, -0.15) is 0 Å². The lowest BCUT2D eigenvalue weighted by atomic mass is 9.68. The van der Waals surface area contributed by atoms with E-state index < -0.39 is 0 Å². The minimum absolute atomic E-state index is 0.0110. The molecule has 0 saturated heterocycles. The van der Waals surface area contributed by atoms with Gasteiger partial charge in [-0.1, -0.05) is 19.3 Å². The first kappa shape index (κ1) is 10.9. The van der Waals surface area contributed by atoms with Crippen LogP contribution < -0.4 is 11.2 Å². The lowest BCUT2D eigenvalue weighted by Gasteiger charge is -2.38. The van der Waals surface area contributed by atoms with Crippen LogP contribution in [0.2, 0.25) is 0 Å². The Balaban J connectivity index is 1.76. The van der Waals surface area contributed by atoms with E-state index in [0.717, 1.165) is 32.1 Å². The molecule has 0 unspecified atom stereocenters. The summed E-state index contributed by atoms with van der Waals surface area (Å²) in [6, 6.07) is 0. The summed E-state index contributed by atoms with van der Waals surface area (Å²) < 4.78 is 0. The van der Waals surface area contributed by atoms with Crippen LogP contribution in [0.1, 0.15) is 44.9 Å². The standard InChI is InChI=1S/C11H20N2O2/c12-8-11(6-3-7-11)10(14)13-15-9-4-1-2-5-9/h9H,1-8,12H2,(H,13,14). The molecule has 0 bridgehead atoms. The fraction of sp³-hybridized carbons (Fsp3) is 0.909. The molecule has 1 amide bonds. The maximum atomic E-state index is 11.8. The molecule has 0 aromatic rings. The predicted octanol–water partition coefficient (Wildman–Crippen LogP) is 1.11. The van der Waals surface area contributed by atoms with Gasteiger partial charge in [0, 0.05) is 6.54 Å². The van der Waals surface area contributed by atoms with Crippen LogP contribution in [0, 0.1) is 5.41 Å². The first-order valence-corrected chi connectivity index (χ1v) is 5.93. The highest BCUT2D eigenvalue weighted by Crippen LogP contribution is 2.40. The molecule has 2 fully saturated rings. The van der Waals surface area contributed by atoms with Gasteiger partial charge in [-0.15, -0.1) is 0 Å². The van der Waals surface area contributed by atoms with Crippen LogP contribution in [0.3, 0.4) is 0 Å². The Kier molecular flexibility index (Phi) is 3.26. The Hall–Kier alpha value is -0.610. The number of amides is 1. The summed E-state index contributed by atoms with van der Waals surface area (Å²) >= 11 is 0. The fourth-order valence-electron chi connectivity index (χ4n) is 2.38. The van der Waals surface area contributed by atoms with E-state index in [1.807, 2.05) is 0 Å². The maximum Gasteiger partial charge on any atom is 0.251 e. The number of hydrogen-bond donors (Lipinski definition) is 2. The zero-order valence-electron chi connectivity index (χ0n) is 9.13. The lowest BCUT2D eigenvalue weighted by molar-refractivity contribution is -0.153. The van der Waals surface area contributed by atoms with Gasteiger partial charge < -0.3 is 5.73 Å². The summed E-state index contributed by atoms with van der Waals surface area (Å²) in [5.41, 5.74) is 7.92. The number of carbonyl (C=O) groups is 1. The van der Waals surface area contributed by atoms with E-state index in [9.17, 15) is 4.79 Å². The van der Waals surface area contributed by atoms with Crippen LogP contribution in [0.25, 0.3) is 0 Å². The van der Waals surface area contributed by atoms with Gasteiger partial charge >= 0.3 is 0 Å². The largest absolute Gasteiger partial charge is 0.329 e. The Morgan fingerprint density at radius 1 is 1.33 bits per heavy atom. The predicted molar refractivity (Wildman–Crippen MR) is 56.8 cm³/mol. The molecule has 0 heterocycles. The molecule has 15 heavy (non-hydrogen) atoms. The van der Waals surface area contributed by atoms with Gasteiger partial charge in [-0.05, 0) is 25.7 Å². The van der Waals surface area contributed by atoms with Crippen LogP contribution >= 0.6 is 0 Å². The topological polar surface area (TPSA) is 64.4 Å². The van der Waals surface area contributed by atoms with Gasteiger partial charge in [-0.25, -0.2) is 5.48 Å². The van der Waals surface area contributed by atoms with E-state index in [1.54, 1.807) is 0 Å². The molecule has 2 aliphatic carbocycles. The number of rotatable bonds is 4. The summed E-state index contributed by atoms with van der Waals surface area (Å²) in [4.78, 5) is 17.2. The number of hydrogen-bond acceptors (Lipinski definition) is 3. The average molecular weight is 212 g/mol. The third kappa shape index (κ3) is 2.16. The third-order valence-electron chi connectivity index (χ3n) is 3.80. The van der Waals surface area contributed by atoms with Crippen molar-refractivity contribution in [1.82, 2.24) is 5.48 Å². The summed E-state index contributed by atoms with van der Waals surface area (Å²) in [5, 5.41) is 0. The molecule has 4 nitrogen and oxygen atoms in total. The molecule has 3 N–H and O–H groups in total. The van der Waals surface area contributed by atoms with Gasteiger partial charge in [0.15, 0.2) is 0 Å². The molecule has 4 heteroatoms. The quantitative estimate of drug-likeness (QED) is 0.686.